The summed E-state index contributed by atoms with van der Waals surface area (Å²) in [5.41, 5.74) is -1.42. The summed E-state index contributed by atoms with van der Waals surface area (Å²) in [7, 11) is -5.66. The Labute approximate surface area is 167 Å². The summed E-state index contributed by atoms with van der Waals surface area (Å²) in [5, 5.41) is -2.08. The smallest absolute Gasteiger partial charge is 0.349 e. The van der Waals surface area contributed by atoms with Crippen LogP contribution in [0.15, 0.2) is 18.2 Å². The molecule has 1 fully saturated rings. The van der Waals surface area contributed by atoms with E-state index in [4.69, 9.17) is 11.6 Å². The van der Waals surface area contributed by atoms with Gasteiger partial charge in [-0.05, 0) is 54.3 Å². The van der Waals surface area contributed by atoms with Crippen LogP contribution in [0.5, 0.6) is 0 Å². The SMILES string of the molecule is O=C(NC1CCC(CC(F)(F)S(=O)(=O)OF)CC1)c1cc(C(F)(F)F)ccc1Cl. The van der Waals surface area contributed by atoms with Gasteiger partial charge in [-0.25, -0.2) is 0 Å². The fraction of sp³-hybridized carbons (Fsp3) is 0.562. The van der Waals surface area contributed by atoms with Crippen molar-refractivity contribution >= 4 is 27.6 Å². The van der Waals surface area contributed by atoms with Gasteiger partial charge in [-0.2, -0.15) is 30.4 Å². The Morgan fingerprint density at radius 3 is 2.24 bits per heavy atom. The summed E-state index contributed by atoms with van der Waals surface area (Å²) in [6.45, 7) is 0. The van der Waals surface area contributed by atoms with E-state index in [1.54, 1.807) is 0 Å². The molecule has 1 aromatic carbocycles. The van der Waals surface area contributed by atoms with Gasteiger partial charge in [-0.3, -0.25) is 4.79 Å². The summed E-state index contributed by atoms with van der Waals surface area (Å²) in [6, 6.07) is 1.78. The van der Waals surface area contributed by atoms with E-state index < -0.39 is 51.4 Å². The first-order valence-corrected chi connectivity index (χ1v) is 10.2. The van der Waals surface area contributed by atoms with Crippen LogP contribution < -0.4 is 5.32 Å². The second-order valence-electron chi connectivity index (χ2n) is 6.74. The zero-order valence-corrected chi connectivity index (χ0v) is 16.2. The summed E-state index contributed by atoms with van der Waals surface area (Å²) < 4.78 is 102. The molecule has 0 aliphatic heterocycles. The molecule has 0 heterocycles. The molecule has 2 rings (SSSR count). The Kier molecular flexibility index (Phi) is 7.11. The molecule has 164 valence electrons. The van der Waals surface area contributed by atoms with Crippen molar-refractivity contribution in [2.24, 2.45) is 5.92 Å². The van der Waals surface area contributed by atoms with Crippen molar-refractivity contribution in [1.29, 1.82) is 0 Å². The number of hydrogen-bond acceptors (Lipinski definition) is 4. The monoisotopic (exact) mass is 467 g/mol. The van der Waals surface area contributed by atoms with Gasteiger partial charge < -0.3 is 5.32 Å². The lowest BCUT2D eigenvalue weighted by Crippen LogP contribution is -2.39. The second kappa shape index (κ2) is 8.68. The van der Waals surface area contributed by atoms with Crippen LogP contribution in [0, 0.1) is 5.92 Å². The molecule has 29 heavy (non-hydrogen) atoms. The number of benzene rings is 1. The van der Waals surface area contributed by atoms with Crippen molar-refractivity contribution in [3.05, 3.63) is 34.3 Å². The van der Waals surface area contributed by atoms with Crippen LogP contribution in [-0.2, 0) is 20.7 Å². The molecule has 0 atom stereocenters. The minimum Gasteiger partial charge on any atom is -0.349 e. The largest absolute Gasteiger partial charge is 0.416 e. The summed E-state index contributed by atoms with van der Waals surface area (Å²) >= 11 is 5.80. The zero-order chi connectivity index (χ0) is 22.0. The lowest BCUT2D eigenvalue weighted by Gasteiger charge is -2.30. The average molecular weight is 468 g/mol. The number of carbonyl (C=O) groups is 1. The van der Waals surface area contributed by atoms with E-state index in [0.717, 1.165) is 12.1 Å². The Bertz CT molecular complexity index is 853. The van der Waals surface area contributed by atoms with E-state index in [2.05, 4.69) is 9.70 Å². The Hall–Kier alpha value is -1.53. The first-order chi connectivity index (χ1) is 13.3. The third-order valence-corrected chi connectivity index (χ3v) is 6.09. The van der Waals surface area contributed by atoms with E-state index in [1.165, 1.54) is 0 Å². The van der Waals surface area contributed by atoms with Crippen LogP contribution in [0.1, 0.15) is 48.0 Å². The molecule has 1 aliphatic rings. The highest BCUT2D eigenvalue weighted by atomic mass is 35.5. The number of halogens is 7. The minimum atomic E-state index is -5.66. The molecule has 5 nitrogen and oxygen atoms in total. The lowest BCUT2D eigenvalue weighted by molar-refractivity contribution is -0.137. The quantitative estimate of drug-likeness (QED) is 0.606. The van der Waals surface area contributed by atoms with Gasteiger partial charge in [0.25, 0.3) is 5.91 Å². The van der Waals surface area contributed by atoms with Crippen LogP contribution in [0.3, 0.4) is 0 Å². The molecule has 0 saturated heterocycles. The van der Waals surface area contributed by atoms with Crippen molar-refractivity contribution in [3.8, 4) is 0 Å². The second-order valence-corrected chi connectivity index (χ2v) is 8.78. The van der Waals surface area contributed by atoms with Gasteiger partial charge in [0, 0.05) is 12.5 Å². The number of amides is 1. The third kappa shape index (κ3) is 5.76. The number of hydrogen-bond donors (Lipinski definition) is 1. The molecule has 0 spiro atoms. The molecule has 0 radical (unpaired) electrons. The average Bonchev–Trinajstić information content (AvgIpc) is 2.62. The van der Waals surface area contributed by atoms with Crippen LogP contribution in [-0.4, -0.2) is 25.6 Å². The zero-order valence-electron chi connectivity index (χ0n) is 14.6. The maximum absolute atomic E-state index is 13.6. The van der Waals surface area contributed by atoms with Crippen LogP contribution in [0.4, 0.5) is 26.5 Å². The first kappa shape index (κ1) is 23.7. The predicted octanol–water partition coefficient (Wildman–Crippen LogP) is 4.86. The van der Waals surface area contributed by atoms with Gasteiger partial charge in [-0.1, -0.05) is 16.0 Å². The highest BCUT2D eigenvalue weighted by Gasteiger charge is 2.49. The fourth-order valence-corrected chi connectivity index (χ4v) is 3.87. The lowest BCUT2D eigenvalue weighted by atomic mass is 9.84. The standard InChI is InChI=1S/C16H16ClF6NO4S/c17-13-6-3-10(16(20,21)22)7-12(13)14(25)24-11-4-1-9(2-5-11)8-15(18,19)29(26,27)28-23/h3,6-7,9,11H,1-2,4-5,8H2,(H,24,25). The first-order valence-electron chi connectivity index (χ1n) is 8.37. The highest BCUT2D eigenvalue weighted by Crippen LogP contribution is 2.37. The van der Waals surface area contributed by atoms with E-state index >= 15 is 0 Å². The van der Waals surface area contributed by atoms with E-state index in [0.29, 0.717) is 6.07 Å². The Morgan fingerprint density at radius 2 is 1.72 bits per heavy atom. The molecular formula is C16H16ClF6NO4S. The van der Waals surface area contributed by atoms with E-state index in [1.807, 2.05) is 0 Å². The molecule has 0 unspecified atom stereocenters. The highest BCUT2D eigenvalue weighted by molar-refractivity contribution is 7.87. The van der Waals surface area contributed by atoms with Crippen LogP contribution in [0.2, 0.25) is 5.02 Å². The molecule has 1 aliphatic carbocycles. The third-order valence-electron chi connectivity index (χ3n) is 4.70. The molecule has 0 aromatic heterocycles. The number of alkyl halides is 5. The molecule has 1 amide bonds. The molecule has 1 N–H and O–H groups in total. The fourth-order valence-electron chi connectivity index (χ4n) is 3.13. The van der Waals surface area contributed by atoms with Crippen molar-refractivity contribution in [1.82, 2.24) is 5.32 Å². The number of nitrogens with one attached hydrogen (secondary N) is 1. The van der Waals surface area contributed by atoms with E-state index in [-0.39, 0.29) is 36.3 Å². The topological polar surface area (TPSA) is 72.5 Å². The van der Waals surface area contributed by atoms with Crippen molar-refractivity contribution in [2.75, 3.05) is 0 Å². The summed E-state index contributed by atoms with van der Waals surface area (Å²) in [5.74, 6) is -1.61. The maximum atomic E-state index is 13.6. The molecule has 0 bridgehead atoms. The van der Waals surface area contributed by atoms with Gasteiger partial charge in [0.05, 0.1) is 16.1 Å². The summed E-state index contributed by atoms with van der Waals surface area (Å²) in [6.07, 6.45) is -5.25. The molecule has 1 saturated carbocycles. The summed E-state index contributed by atoms with van der Waals surface area (Å²) in [4.78, 5) is 12.3. The van der Waals surface area contributed by atoms with Crippen molar-refractivity contribution in [3.63, 3.8) is 0 Å². The van der Waals surface area contributed by atoms with Gasteiger partial charge in [0.15, 0.2) is 0 Å². The van der Waals surface area contributed by atoms with Crippen LogP contribution in [0.25, 0.3) is 0 Å². The van der Waals surface area contributed by atoms with Gasteiger partial charge in [-0.15, -0.1) is 0 Å². The number of rotatable bonds is 6. The van der Waals surface area contributed by atoms with Gasteiger partial charge >= 0.3 is 21.5 Å². The van der Waals surface area contributed by atoms with Gasteiger partial charge in [0.2, 0.25) is 0 Å². The normalized spacial score (nSPS) is 21.1. The Balaban J connectivity index is 1.97. The van der Waals surface area contributed by atoms with Crippen molar-refractivity contribution < 1.29 is 44.1 Å². The number of carbonyl (C=O) groups excluding carboxylic acids is 1. The van der Waals surface area contributed by atoms with E-state index in [9.17, 15) is 39.7 Å². The van der Waals surface area contributed by atoms with Crippen molar-refractivity contribution in [2.45, 2.75) is 49.6 Å². The minimum absolute atomic E-state index is 0.0959. The maximum Gasteiger partial charge on any atom is 0.416 e. The Morgan fingerprint density at radius 1 is 1.14 bits per heavy atom. The molecular weight excluding hydrogens is 452 g/mol. The van der Waals surface area contributed by atoms with Gasteiger partial charge in [0.1, 0.15) is 0 Å². The molecule has 13 heteroatoms. The van der Waals surface area contributed by atoms with Crippen LogP contribution >= 0.6 is 11.6 Å². The molecule has 1 aromatic rings. The predicted molar refractivity (Wildman–Crippen MR) is 90.3 cm³/mol.